The molecule has 0 radical (unpaired) electrons. The molecule has 0 fully saturated rings. The average molecular weight is 206 g/mol. The van der Waals surface area contributed by atoms with E-state index in [9.17, 15) is 14.9 Å². The molecule has 0 atom stereocenters. The van der Waals surface area contributed by atoms with Crippen molar-refractivity contribution >= 4 is 12.0 Å². The Morgan fingerprint density at radius 3 is 2.67 bits per heavy atom. The maximum atomic E-state index is 10.6. The highest BCUT2D eigenvalue weighted by molar-refractivity contribution is 5.82. The molecule has 0 aliphatic rings. The third-order valence-corrected chi connectivity index (χ3v) is 1.79. The summed E-state index contributed by atoms with van der Waals surface area (Å²) in [6, 6.07) is 3.85. The predicted molar refractivity (Wildman–Crippen MR) is 49.8 cm³/mol. The van der Waals surface area contributed by atoms with E-state index in [4.69, 9.17) is 10.00 Å². The van der Waals surface area contributed by atoms with E-state index in [0.717, 1.165) is 6.07 Å². The van der Waals surface area contributed by atoms with Crippen LogP contribution >= 0.6 is 0 Å². The zero-order valence-corrected chi connectivity index (χ0v) is 7.76. The molecule has 6 heteroatoms. The monoisotopic (exact) mass is 206 g/mol. The number of carbonyl (C=O) groups is 1. The van der Waals surface area contributed by atoms with Gasteiger partial charge in [-0.3, -0.25) is 14.9 Å². The molecule has 15 heavy (non-hydrogen) atoms. The molecule has 0 aromatic heterocycles. The predicted octanol–water partition coefficient (Wildman–Crippen LogP) is 1.29. The van der Waals surface area contributed by atoms with Gasteiger partial charge in [-0.1, -0.05) is 0 Å². The lowest BCUT2D eigenvalue weighted by atomic mass is 10.1. The van der Waals surface area contributed by atoms with Gasteiger partial charge in [-0.15, -0.1) is 0 Å². The van der Waals surface area contributed by atoms with E-state index >= 15 is 0 Å². The molecule has 0 unspecified atom stereocenters. The molecule has 6 nitrogen and oxygen atoms in total. The molecular formula is C9H6N2O4. The van der Waals surface area contributed by atoms with Crippen molar-refractivity contribution in [3.8, 4) is 11.8 Å². The Labute approximate surface area is 84.8 Å². The van der Waals surface area contributed by atoms with Crippen molar-refractivity contribution in [2.75, 3.05) is 7.11 Å². The quantitative estimate of drug-likeness (QED) is 0.422. The highest BCUT2D eigenvalue weighted by atomic mass is 16.6. The first kappa shape index (κ1) is 10.7. The second kappa shape index (κ2) is 4.19. The van der Waals surface area contributed by atoms with Crippen molar-refractivity contribution < 1.29 is 14.5 Å². The van der Waals surface area contributed by atoms with E-state index in [1.807, 2.05) is 0 Å². The molecule has 0 aliphatic carbocycles. The highest BCUT2D eigenvalue weighted by Gasteiger charge is 2.18. The number of nitrogens with zero attached hydrogens (tertiary/aromatic N) is 2. The molecule has 0 saturated heterocycles. The Morgan fingerprint density at radius 1 is 1.60 bits per heavy atom. The number of hydrogen-bond donors (Lipinski definition) is 0. The number of ether oxygens (including phenoxy) is 1. The topological polar surface area (TPSA) is 93.2 Å². The third kappa shape index (κ3) is 1.91. The lowest BCUT2D eigenvalue weighted by molar-refractivity contribution is -0.385. The van der Waals surface area contributed by atoms with Crippen molar-refractivity contribution in [3.05, 3.63) is 33.4 Å². The molecule has 0 bridgehead atoms. The molecule has 1 aromatic carbocycles. The molecular weight excluding hydrogens is 200 g/mol. The van der Waals surface area contributed by atoms with Crippen LogP contribution in [0.1, 0.15) is 15.9 Å². The molecule has 0 heterocycles. The maximum absolute atomic E-state index is 10.6. The minimum absolute atomic E-state index is 0.0446. The summed E-state index contributed by atoms with van der Waals surface area (Å²) in [5.74, 6) is 0.146. The summed E-state index contributed by atoms with van der Waals surface area (Å²) < 4.78 is 4.81. The smallest absolute Gasteiger partial charge is 0.288 e. The highest BCUT2D eigenvalue weighted by Crippen LogP contribution is 2.26. The normalized spacial score (nSPS) is 9.07. The number of hydrogen-bond acceptors (Lipinski definition) is 5. The summed E-state index contributed by atoms with van der Waals surface area (Å²) in [6.07, 6.45) is 0.437. The molecule has 76 valence electrons. The number of nitro groups is 1. The van der Waals surface area contributed by atoms with Gasteiger partial charge in [-0.2, -0.15) is 5.26 Å². The van der Waals surface area contributed by atoms with Crippen LogP contribution < -0.4 is 4.74 Å². The van der Waals surface area contributed by atoms with Crippen LogP contribution in [0.25, 0.3) is 0 Å². The molecule has 0 N–H and O–H groups in total. The lowest BCUT2D eigenvalue weighted by Gasteiger charge is -2.03. The summed E-state index contributed by atoms with van der Waals surface area (Å²) in [4.78, 5) is 20.4. The lowest BCUT2D eigenvalue weighted by Crippen LogP contribution is -1.97. The number of nitriles is 1. The summed E-state index contributed by atoms with van der Waals surface area (Å²) >= 11 is 0. The Morgan fingerprint density at radius 2 is 2.27 bits per heavy atom. The van der Waals surface area contributed by atoms with Crippen molar-refractivity contribution in [1.29, 1.82) is 5.26 Å². The van der Waals surface area contributed by atoms with Gasteiger partial charge < -0.3 is 4.74 Å². The molecule has 1 aromatic rings. The van der Waals surface area contributed by atoms with Crippen LogP contribution in [0, 0.1) is 21.4 Å². The van der Waals surface area contributed by atoms with Crippen molar-refractivity contribution in [2.24, 2.45) is 0 Å². The van der Waals surface area contributed by atoms with Gasteiger partial charge in [0.25, 0.3) is 5.69 Å². The molecule has 0 saturated carbocycles. The fraction of sp³-hybridized carbons (Fsp3) is 0.111. The van der Waals surface area contributed by atoms with Gasteiger partial charge in [-0.25, -0.2) is 0 Å². The number of methoxy groups -OCH3 is 1. The Bertz CT molecular complexity index is 462. The van der Waals surface area contributed by atoms with Crippen LogP contribution in [0.3, 0.4) is 0 Å². The average Bonchev–Trinajstić information content (AvgIpc) is 2.26. The van der Waals surface area contributed by atoms with Crippen LogP contribution in [0.15, 0.2) is 12.1 Å². The second-order valence-electron chi connectivity index (χ2n) is 2.60. The number of rotatable bonds is 3. The molecule has 0 aliphatic heterocycles. The summed E-state index contributed by atoms with van der Waals surface area (Å²) in [7, 11) is 1.31. The summed E-state index contributed by atoms with van der Waals surface area (Å²) in [6.45, 7) is 0. The molecule has 0 amide bonds. The van der Waals surface area contributed by atoms with Crippen molar-refractivity contribution in [2.45, 2.75) is 0 Å². The third-order valence-electron chi connectivity index (χ3n) is 1.79. The van der Waals surface area contributed by atoms with Gasteiger partial charge in [0.15, 0.2) is 6.29 Å². The number of nitro benzene ring substituents is 1. The Balaban J connectivity index is 3.49. The number of benzene rings is 1. The first-order valence-corrected chi connectivity index (χ1v) is 3.85. The fourth-order valence-corrected chi connectivity index (χ4v) is 1.09. The largest absolute Gasteiger partial charge is 0.496 e. The zero-order chi connectivity index (χ0) is 11.4. The fourth-order valence-electron chi connectivity index (χ4n) is 1.09. The molecule has 0 spiro atoms. The van der Waals surface area contributed by atoms with E-state index in [0.29, 0.717) is 6.29 Å². The molecule has 1 rings (SSSR count). The Hall–Kier alpha value is -2.42. The van der Waals surface area contributed by atoms with Crippen molar-refractivity contribution in [3.63, 3.8) is 0 Å². The zero-order valence-electron chi connectivity index (χ0n) is 7.76. The minimum atomic E-state index is -0.717. The van der Waals surface area contributed by atoms with Crippen LogP contribution in [-0.2, 0) is 0 Å². The van der Waals surface area contributed by atoms with Gasteiger partial charge in [0.05, 0.1) is 17.6 Å². The van der Waals surface area contributed by atoms with Gasteiger partial charge in [-0.05, 0) is 0 Å². The first-order valence-electron chi connectivity index (χ1n) is 3.85. The van der Waals surface area contributed by atoms with Crippen molar-refractivity contribution in [1.82, 2.24) is 0 Å². The standard InChI is InChI=1S/C9H6N2O4/c1-15-9-3-6(4-10)8(11(13)14)2-7(9)5-12/h2-3,5H,1H3. The van der Waals surface area contributed by atoms with Crippen LogP contribution in [-0.4, -0.2) is 18.3 Å². The number of carbonyl (C=O) groups excluding carboxylic acids is 1. The van der Waals surface area contributed by atoms with E-state index in [1.165, 1.54) is 13.2 Å². The van der Waals surface area contributed by atoms with E-state index < -0.39 is 10.6 Å². The second-order valence-corrected chi connectivity index (χ2v) is 2.60. The SMILES string of the molecule is COc1cc(C#N)c([N+](=O)[O-])cc1C=O. The van der Waals surface area contributed by atoms with Crippen LogP contribution in [0.4, 0.5) is 5.69 Å². The van der Waals surface area contributed by atoms with Crippen LogP contribution in [0.5, 0.6) is 5.75 Å². The number of aldehydes is 1. The maximum Gasteiger partial charge on any atom is 0.288 e. The van der Waals surface area contributed by atoms with Gasteiger partial charge in [0.1, 0.15) is 17.4 Å². The van der Waals surface area contributed by atoms with Gasteiger partial charge >= 0.3 is 0 Å². The minimum Gasteiger partial charge on any atom is -0.496 e. The first-order chi connectivity index (χ1) is 7.13. The summed E-state index contributed by atoms with van der Waals surface area (Å²) in [5.41, 5.74) is -0.494. The van der Waals surface area contributed by atoms with E-state index in [2.05, 4.69) is 0 Å². The van der Waals surface area contributed by atoms with Gasteiger partial charge in [0.2, 0.25) is 0 Å². The van der Waals surface area contributed by atoms with Crippen LogP contribution in [0.2, 0.25) is 0 Å². The van der Waals surface area contributed by atoms with Gasteiger partial charge in [0, 0.05) is 12.1 Å². The summed E-state index contributed by atoms with van der Waals surface area (Å²) in [5, 5.41) is 19.2. The van der Waals surface area contributed by atoms with E-state index in [-0.39, 0.29) is 16.9 Å². The Kier molecular flexibility index (Phi) is 2.98. The van der Waals surface area contributed by atoms with E-state index in [1.54, 1.807) is 6.07 Å².